The Kier molecular flexibility index (Phi) is 81.9. The summed E-state index contributed by atoms with van der Waals surface area (Å²) in [6.45, 7) is 0. The van der Waals surface area contributed by atoms with Crippen LogP contribution < -0.4 is 53.1 Å². The van der Waals surface area contributed by atoms with Crippen LogP contribution in [-0.2, 0) is 0 Å². The first kappa shape index (κ1) is 42.7. The van der Waals surface area contributed by atoms with Gasteiger partial charge in [0.05, 0.1) is 0 Å². The summed E-state index contributed by atoms with van der Waals surface area (Å²) < 4.78 is 0. The summed E-state index contributed by atoms with van der Waals surface area (Å²) in [7, 11) is -8.92. The van der Waals surface area contributed by atoms with Crippen LogP contribution in [0.4, 0.5) is 0 Å². The molecule has 15 N–H and O–H groups in total. The van der Waals surface area contributed by atoms with Crippen molar-refractivity contribution in [2.24, 2.45) is 0 Å². The smallest absolute Gasteiger partial charge is 1.00 e. The minimum Gasteiger partial charge on any atom is -1.00 e. The third-order valence-electron chi connectivity index (χ3n) is 0. The van der Waals surface area contributed by atoms with Crippen LogP contribution in [0.5, 0.6) is 0 Å². The van der Waals surface area contributed by atoms with Crippen LogP contribution >= 0.6 is 0 Å². The Morgan fingerprint density at radius 2 is 0.526 bits per heavy atom. The van der Waals surface area contributed by atoms with Crippen molar-refractivity contribution in [1.29, 1.82) is 0 Å². The Bertz CT molecular complexity index is 72.7. The van der Waals surface area contributed by atoms with Crippen molar-refractivity contribution in [1.82, 2.24) is 6.15 Å². The van der Waals surface area contributed by atoms with Gasteiger partial charge in [0.25, 0.3) is 0 Å². The van der Waals surface area contributed by atoms with Crippen LogP contribution in [-0.4, -0.2) is 84.5 Å². The zero-order valence-electron chi connectivity index (χ0n) is 10.0. The van der Waals surface area contributed by atoms with Gasteiger partial charge in [-0.05, 0) is 0 Å². The molecule has 0 spiro atoms. The first-order chi connectivity index (χ1) is 6.93. The molecule has 0 unspecified atom stereocenters. The molecule has 0 aromatic rings. The van der Waals surface area contributed by atoms with Gasteiger partial charge in [0.15, 0.2) is 0 Å². The maximum absolute atomic E-state index is 8.64. The number of halogens is 1. The minimum atomic E-state index is -2.42. The molecule has 0 aromatic heterocycles. The predicted octanol–water partition coefficient (Wildman–Crippen LogP) is -14.5. The Morgan fingerprint density at radius 3 is 0.526 bits per heavy atom. The molecule has 0 saturated heterocycles. The van der Waals surface area contributed by atoms with E-state index < -0.39 is 29.3 Å². The van der Waals surface area contributed by atoms with Gasteiger partial charge in [-0.25, -0.2) is 0 Å². The van der Waals surface area contributed by atoms with Gasteiger partial charge in [0.2, 0.25) is 0 Å². The summed E-state index contributed by atoms with van der Waals surface area (Å²) in [6, 6.07) is 0. The summed E-state index contributed by atoms with van der Waals surface area (Å²) in [5.41, 5.74) is 0. The first-order valence-electron chi connectivity index (χ1n) is 3.08. The fourth-order valence-electron chi connectivity index (χ4n) is 0. The summed E-state index contributed by atoms with van der Waals surface area (Å²) in [6.07, 6.45) is 0. The maximum atomic E-state index is 8.64. The topological polar surface area (TPSA) is 282 Å². The third-order valence-corrected chi connectivity index (χ3v) is 0. The van der Waals surface area contributed by atoms with E-state index in [4.69, 9.17) is 60.3 Å². The second kappa shape index (κ2) is 36.4. The molecule has 0 fully saturated rings. The first-order valence-corrected chi connectivity index (χ1v) is 3.08. The molecule has 0 aliphatic rings. The summed E-state index contributed by atoms with van der Waals surface area (Å²) in [4.78, 5) is 0. The fraction of sp³-hybridized carbons (Fsp3) is 0. The van der Waals surface area contributed by atoms with Crippen LogP contribution in [0, 0.1) is 0 Å². The van der Waals surface area contributed by atoms with Crippen molar-refractivity contribution < 1.29 is 102 Å². The van der Waals surface area contributed by atoms with Gasteiger partial charge in [-0.2, -0.15) is 0 Å². The largest absolute Gasteiger partial charge is 1.00 e. The molecule has 0 aliphatic heterocycles. The van der Waals surface area contributed by atoms with Gasteiger partial charge in [0, 0.05) is 0 Å². The molecule has 112 valence electrons. The van der Waals surface area contributed by atoms with Crippen molar-refractivity contribution in [3.63, 3.8) is 0 Å². The third kappa shape index (κ3) is 5200. The summed E-state index contributed by atoms with van der Waals surface area (Å²) in [5.74, 6) is 0. The van der Waals surface area contributed by atoms with E-state index in [1.165, 1.54) is 0 Å². The van der Waals surface area contributed by atoms with E-state index in [0.717, 1.165) is 0 Å². The predicted molar refractivity (Wildman–Crippen MR) is 53.4 cm³/mol. The normalized spacial score (nSPS) is 5.68. The molecule has 0 heterocycles. The van der Waals surface area contributed by atoms with Gasteiger partial charge in [-0.3, -0.25) is 0 Å². The minimum absolute atomic E-state index is 0. The van der Waals surface area contributed by atoms with Gasteiger partial charge in [-0.15, -0.1) is 0 Å². The number of hydrogen-bond donors (Lipinski definition) is 12. The summed E-state index contributed by atoms with van der Waals surface area (Å²) in [5, 5.41) is 87.2. The Morgan fingerprint density at radius 1 is 0.526 bits per heavy atom. The van der Waals surface area contributed by atoms with Crippen LogP contribution in [0.15, 0.2) is 0 Å². The molecule has 0 aliphatic carbocycles. The van der Waals surface area contributed by atoms with Gasteiger partial charge in [-0.1, -0.05) is 0 Å². The molecule has 0 saturated carbocycles. The molecular formula is H15B4ClNNaO12. The quantitative estimate of drug-likeness (QED) is 0.185. The molecule has 0 radical (unpaired) electrons. The maximum Gasteiger partial charge on any atom is 1.00 e. The van der Waals surface area contributed by atoms with E-state index in [0.29, 0.717) is 0 Å². The molecule has 0 atom stereocenters. The van der Waals surface area contributed by atoms with Crippen molar-refractivity contribution in [2.75, 3.05) is 0 Å². The zero-order chi connectivity index (χ0) is 14.3. The van der Waals surface area contributed by atoms with E-state index in [2.05, 4.69) is 0 Å². The second-order valence-corrected chi connectivity index (χ2v) is 1.37. The molecule has 0 amide bonds. The Hall–Kier alpha value is 1.03. The SMILES string of the molecule is OB(O)O.OB(O)O.OB(O)O.[Cl-].[NH4+].[Na+].[O-]B(O)O. The molecule has 19 heavy (non-hydrogen) atoms. The average molecular weight is 323 g/mol. The van der Waals surface area contributed by atoms with E-state index in [-0.39, 0.29) is 48.1 Å². The number of hydrogen-bond acceptors (Lipinski definition) is 12. The number of rotatable bonds is 0. The summed E-state index contributed by atoms with van der Waals surface area (Å²) >= 11 is 0. The van der Waals surface area contributed by atoms with E-state index in [9.17, 15) is 0 Å². The van der Waals surface area contributed by atoms with Crippen molar-refractivity contribution in [3.05, 3.63) is 0 Å². The van der Waals surface area contributed by atoms with Crippen molar-refractivity contribution in [2.45, 2.75) is 0 Å². The Labute approximate surface area is 137 Å². The molecular weight excluding hydrogens is 308 g/mol. The van der Waals surface area contributed by atoms with E-state index in [1.807, 2.05) is 0 Å². The molecule has 0 bridgehead atoms. The molecule has 0 rings (SSSR count). The van der Waals surface area contributed by atoms with Crippen LogP contribution in [0.1, 0.15) is 0 Å². The average Bonchev–Trinajstić information content (AvgIpc) is 1.76. The standard InChI is InChI=1S/3BH3O3.BH2O3.ClH.H3N.Na/c4*2-1(3)4;;;/h3*2-4H;2-3H;1H;1H3;/q;;;-1;;;+1. The van der Waals surface area contributed by atoms with Crippen LogP contribution in [0.25, 0.3) is 0 Å². The monoisotopic (exact) mass is 323 g/mol. The van der Waals surface area contributed by atoms with E-state index >= 15 is 0 Å². The van der Waals surface area contributed by atoms with Gasteiger partial charge >= 0.3 is 58.8 Å². The van der Waals surface area contributed by atoms with Crippen LogP contribution in [0.3, 0.4) is 0 Å². The second-order valence-electron chi connectivity index (χ2n) is 1.37. The Balaban J connectivity index is -0.0000000192. The van der Waals surface area contributed by atoms with Crippen LogP contribution in [0.2, 0.25) is 0 Å². The van der Waals surface area contributed by atoms with Gasteiger partial charge < -0.3 is 78.8 Å². The molecule has 0 aromatic carbocycles. The number of quaternary nitrogens is 1. The molecule has 19 heteroatoms. The van der Waals surface area contributed by atoms with E-state index in [1.54, 1.807) is 0 Å². The van der Waals surface area contributed by atoms with Gasteiger partial charge in [0.1, 0.15) is 0 Å². The van der Waals surface area contributed by atoms with Crippen molar-refractivity contribution in [3.8, 4) is 0 Å². The van der Waals surface area contributed by atoms with Crippen molar-refractivity contribution >= 4 is 29.3 Å². The molecule has 13 nitrogen and oxygen atoms in total. The fourth-order valence-corrected chi connectivity index (χ4v) is 0. The zero-order valence-corrected chi connectivity index (χ0v) is 12.8.